The molecule has 1 atom stereocenters. The van der Waals surface area contributed by atoms with Crippen LogP contribution >= 0.6 is 11.6 Å². The summed E-state index contributed by atoms with van der Waals surface area (Å²) < 4.78 is 0. The van der Waals surface area contributed by atoms with Crippen LogP contribution in [0.5, 0.6) is 0 Å². The Morgan fingerprint density at radius 1 is 0.923 bits per heavy atom. The van der Waals surface area contributed by atoms with Crippen LogP contribution in [-0.4, -0.2) is 4.87 Å². The molecule has 80 valence electrons. The van der Waals surface area contributed by atoms with E-state index < -0.39 is 0 Å². The molecule has 0 heterocycles. The lowest BCUT2D eigenvalue weighted by atomic mass is 9.70. The highest BCUT2D eigenvalue weighted by Gasteiger charge is 2.40. The van der Waals surface area contributed by atoms with Gasteiger partial charge in [0.2, 0.25) is 0 Å². The van der Waals surface area contributed by atoms with Crippen LogP contribution in [-0.2, 0) is 0 Å². The number of hydrogen-bond acceptors (Lipinski definition) is 0. The van der Waals surface area contributed by atoms with Gasteiger partial charge in [-0.2, -0.15) is 0 Å². The molecule has 0 spiro atoms. The van der Waals surface area contributed by atoms with Crippen molar-refractivity contribution < 1.29 is 0 Å². The molecule has 0 saturated carbocycles. The summed E-state index contributed by atoms with van der Waals surface area (Å²) in [4.78, 5) is -0.0972. The fourth-order valence-electron chi connectivity index (χ4n) is 1.60. The Morgan fingerprint density at radius 2 is 1.31 bits per heavy atom. The average Bonchev–Trinajstić information content (AvgIpc) is 1.81. The first kappa shape index (κ1) is 13.3. The Bertz CT molecular complexity index is 160. The van der Waals surface area contributed by atoms with Crippen molar-refractivity contribution >= 4 is 11.6 Å². The number of rotatable bonds is 3. The first-order valence-electron chi connectivity index (χ1n) is 5.21. The molecule has 1 unspecified atom stereocenters. The zero-order chi connectivity index (χ0) is 10.9. The smallest absolute Gasteiger partial charge is 0.0474 e. The SMILES string of the molecule is CCC(C)(C)C(C)(Cl)CC(C)(C)C. The number of halogens is 1. The van der Waals surface area contributed by atoms with Gasteiger partial charge in [-0.05, 0) is 30.6 Å². The van der Waals surface area contributed by atoms with Crippen LogP contribution in [0.25, 0.3) is 0 Å². The largest absolute Gasteiger partial charge is 0.119 e. The van der Waals surface area contributed by atoms with Gasteiger partial charge in [0.15, 0.2) is 0 Å². The lowest BCUT2D eigenvalue weighted by Crippen LogP contribution is -2.39. The van der Waals surface area contributed by atoms with Gasteiger partial charge in [0.1, 0.15) is 0 Å². The molecule has 0 aliphatic heterocycles. The van der Waals surface area contributed by atoms with E-state index in [0.717, 1.165) is 12.8 Å². The molecule has 13 heavy (non-hydrogen) atoms. The van der Waals surface area contributed by atoms with Crippen LogP contribution in [0.15, 0.2) is 0 Å². The van der Waals surface area contributed by atoms with Gasteiger partial charge in [-0.1, -0.05) is 41.5 Å². The maximum atomic E-state index is 6.61. The van der Waals surface area contributed by atoms with E-state index in [0.29, 0.717) is 5.41 Å². The van der Waals surface area contributed by atoms with E-state index in [4.69, 9.17) is 11.6 Å². The highest BCUT2D eigenvalue weighted by molar-refractivity contribution is 6.24. The molecule has 0 N–H and O–H groups in total. The third kappa shape index (κ3) is 3.89. The molecular formula is C12H25Cl. The van der Waals surface area contributed by atoms with E-state index in [1.165, 1.54) is 0 Å². The molecule has 0 fully saturated rings. The second-order valence-electron chi connectivity index (χ2n) is 6.17. The predicted octanol–water partition coefficient (Wildman–Crippen LogP) is 4.86. The molecule has 0 aromatic rings. The topological polar surface area (TPSA) is 0 Å². The summed E-state index contributed by atoms with van der Waals surface area (Å²) in [6, 6.07) is 0. The highest BCUT2D eigenvalue weighted by atomic mass is 35.5. The summed E-state index contributed by atoms with van der Waals surface area (Å²) in [6.07, 6.45) is 2.19. The molecule has 0 aromatic carbocycles. The molecule has 0 bridgehead atoms. The van der Waals surface area contributed by atoms with Crippen molar-refractivity contribution in [3.05, 3.63) is 0 Å². The summed E-state index contributed by atoms with van der Waals surface area (Å²) in [5.74, 6) is 0. The Morgan fingerprint density at radius 3 is 1.54 bits per heavy atom. The second-order valence-corrected chi connectivity index (χ2v) is 7.01. The maximum Gasteiger partial charge on any atom is 0.0474 e. The van der Waals surface area contributed by atoms with E-state index in [2.05, 4.69) is 48.5 Å². The Hall–Kier alpha value is 0.290. The fraction of sp³-hybridized carbons (Fsp3) is 1.00. The van der Waals surface area contributed by atoms with E-state index in [-0.39, 0.29) is 10.3 Å². The van der Waals surface area contributed by atoms with Crippen LogP contribution < -0.4 is 0 Å². The standard InChI is InChI=1S/C12H25Cl/c1-8-11(5,6)12(7,13)9-10(2,3)4/h8-9H2,1-7H3. The third-order valence-corrected chi connectivity index (χ3v) is 3.80. The number of alkyl halides is 1. The van der Waals surface area contributed by atoms with Crippen LogP contribution in [0.4, 0.5) is 0 Å². The lowest BCUT2D eigenvalue weighted by Gasteiger charge is -2.42. The van der Waals surface area contributed by atoms with Crippen LogP contribution in [0.2, 0.25) is 0 Å². The minimum Gasteiger partial charge on any atom is -0.119 e. The Labute approximate surface area is 89.1 Å². The third-order valence-electron chi connectivity index (χ3n) is 3.16. The van der Waals surface area contributed by atoms with Crippen LogP contribution in [0.1, 0.15) is 61.3 Å². The molecule has 0 aromatic heterocycles. The van der Waals surface area contributed by atoms with E-state index in [1.54, 1.807) is 0 Å². The van der Waals surface area contributed by atoms with Gasteiger partial charge >= 0.3 is 0 Å². The van der Waals surface area contributed by atoms with Gasteiger partial charge in [-0.25, -0.2) is 0 Å². The minimum absolute atomic E-state index is 0.0972. The molecule has 0 aliphatic rings. The summed E-state index contributed by atoms with van der Waals surface area (Å²) in [5, 5.41) is 0. The minimum atomic E-state index is -0.0972. The average molecular weight is 205 g/mol. The monoisotopic (exact) mass is 204 g/mol. The van der Waals surface area contributed by atoms with Gasteiger partial charge in [0, 0.05) is 4.87 Å². The van der Waals surface area contributed by atoms with E-state index in [1.807, 2.05) is 0 Å². The molecule has 0 saturated heterocycles. The summed E-state index contributed by atoms with van der Waals surface area (Å²) in [7, 11) is 0. The molecule has 0 aliphatic carbocycles. The van der Waals surface area contributed by atoms with E-state index >= 15 is 0 Å². The summed E-state index contributed by atoms with van der Waals surface area (Å²) in [5.41, 5.74) is 0.519. The van der Waals surface area contributed by atoms with Crippen molar-refractivity contribution in [2.24, 2.45) is 10.8 Å². The van der Waals surface area contributed by atoms with Gasteiger partial charge in [0.25, 0.3) is 0 Å². The van der Waals surface area contributed by atoms with Crippen molar-refractivity contribution in [1.29, 1.82) is 0 Å². The normalized spacial score (nSPS) is 18.5. The van der Waals surface area contributed by atoms with Crippen molar-refractivity contribution in [1.82, 2.24) is 0 Å². The van der Waals surface area contributed by atoms with Gasteiger partial charge in [-0.15, -0.1) is 11.6 Å². The zero-order valence-corrected chi connectivity index (χ0v) is 11.0. The predicted molar refractivity (Wildman–Crippen MR) is 62.4 cm³/mol. The van der Waals surface area contributed by atoms with Crippen LogP contribution in [0.3, 0.4) is 0 Å². The summed E-state index contributed by atoms with van der Waals surface area (Å²) in [6.45, 7) is 15.6. The second kappa shape index (κ2) is 3.81. The lowest BCUT2D eigenvalue weighted by molar-refractivity contribution is 0.183. The van der Waals surface area contributed by atoms with Crippen molar-refractivity contribution in [3.63, 3.8) is 0 Å². The highest BCUT2D eigenvalue weighted by Crippen LogP contribution is 2.46. The molecule has 0 radical (unpaired) electrons. The molecule has 0 rings (SSSR count). The molecule has 0 amide bonds. The molecule has 1 heteroatoms. The Kier molecular flexibility index (Phi) is 3.89. The van der Waals surface area contributed by atoms with Crippen molar-refractivity contribution in [3.8, 4) is 0 Å². The molecular weight excluding hydrogens is 180 g/mol. The maximum absolute atomic E-state index is 6.61. The fourth-order valence-corrected chi connectivity index (χ4v) is 2.14. The number of hydrogen-bond donors (Lipinski definition) is 0. The van der Waals surface area contributed by atoms with Crippen molar-refractivity contribution in [2.75, 3.05) is 0 Å². The quantitative estimate of drug-likeness (QED) is 0.577. The van der Waals surface area contributed by atoms with Gasteiger partial charge < -0.3 is 0 Å². The Balaban J connectivity index is 4.58. The zero-order valence-electron chi connectivity index (χ0n) is 10.3. The van der Waals surface area contributed by atoms with Gasteiger partial charge in [0.05, 0.1) is 0 Å². The summed E-state index contributed by atoms with van der Waals surface area (Å²) >= 11 is 6.61. The van der Waals surface area contributed by atoms with E-state index in [9.17, 15) is 0 Å². The molecule has 0 nitrogen and oxygen atoms in total. The van der Waals surface area contributed by atoms with Crippen molar-refractivity contribution in [2.45, 2.75) is 66.2 Å². The first-order valence-corrected chi connectivity index (χ1v) is 5.58. The first-order chi connectivity index (χ1) is 5.52. The van der Waals surface area contributed by atoms with Gasteiger partial charge in [-0.3, -0.25) is 0 Å². The van der Waals surface area contributed by atoms with Crippen LogP contribution in [0, 0.1) is 10.8 Å².